The molecule has 0 saturated heterocycles. The number of carboxylic acids is 1. The van der Waals surface area contributed by atoms with E-state index in [1.54, 1.807) is 6.92 Å². The van der Waals surface area contributed by atoms with Crippen molar-refractivity contribution in [3.8, 4) is 0 Å². The maximum atomic E-state index is 12.0. The van der Waals surface area contributed by atoms with Crippen LogP contribution in [-0.2, 0) is 11.2 Å². The van der Waals surface area contributed by atoms with Crippen LogP contribution in [0.1, 0.15) is 66.8 Å². The third-order valence-electron chi connectivity index (χ3n) is 4.82. The topological polar surface area (TPSA) is 86.3 Å². The molecule has 2 heterocycles. The highest BCUT2D eigenvalue weighted by Crippen LogP contribution is 2.42. The highest BCUT2D eigenvalue weighted by atomic mass is 16.4. The van der Waals surface area contributed by atoms with E-state index in [9.17, 15) is 14.7 Å². The van der Waals surface area contributed by atoms with E-state index in [1.807, 2.05) is 4.90 Å². The Morgan fingerprint density at radius 2 is 2.00 bits per heavy atom. The van der Waals surface area contributed by atoms with Crippen LogP contribution >= 0.6 is 0 Å². The third kappa shape index (κ3) is 2.43. The number of hydrogen-bond acceptors (Lipinski definition) is 3. The lowest BCUT2D eigenvalue weighted by Gasteiger charge is -2.41. The van der Waals surface area contributed by atoms with Crippen LogP contribution in [-0.4, -0.2) is 38.6 Å². The molecule has 1 aliphatic carbocycles. The van der Waals surface area contributed by atoms with Gasteiger partial charge in [0.05, 0.1) is 6.04 Å². The van der Waals surface area contributed by atoms with Crippen LogP contribution in [0.5, 0.6) is 0 Å². The van der Waals surface area contributed by atoms with Gasteiger partial charge in [0.25, 0.3) is 0 Å². The molecule has 3 rings (SSSR count). The minimum absolute atomic E-state index is 0.0220. The summed E-state index contributed by atoms with van der Waals surface area (Å²) < 4.78 is 0. The highest BCUT2D eigenvalue weighted by molar-refractivity contribution is 5.88. The van der Waals surface area contributed by atoms with Crippen LogP contribution < -0.4 is 0 Å². The molecular weight excluding hydrogens is 270 g/mol. The number of aromatic amines is 1. The third-order valence-corrected chi connectivity index (χ3v) is 4.82. The van der Waals surface area contributed by atoms with Gasteiger partial charge in [-0.2, -0.15) is 5.10 Å². The molecule has 1 unspecified atom stereocenters. The quantitative estimate of drug-likeness (QED) is 0.874. The van der Waals surface area contributed by atoms with E-state index in [0.717, 1.165) is 36.9 Å². The van der Waals surface area contributed by atoms with Gasteiger partial charge in [0.1, 0.15) is 0 Å². The number of H-pyrrole nitrogens is 1. The second-order valence-electron chi connectivity index (χ2n) is 6.07. The Bertz CT molecular complexity index is 561. The second-order valence-corrected chi connectivity index (χ2v) is 6.07. The van der Waals surface area contributed by atoms with Gasteiger partial charge < -0.3 is 10.0 Å². The number of carbonyl (C=O) groups excluding carboxylic acids is 1. The molecule has 0 spiro atoms. The van der Waals surface area contributed by atoms with E-state index < -0.39 is 5.97 Å². The van der Waals surface area contributed by atoms with Crippen molar-refractivity contribution < 1.29 is 14.7 Å². The van der Waals surface area contributed by atoms with Gasteiger partial charge in [-0.25, -0.2) is 4.79 Å². The van der Waals surface area contributed by atoms with Crippen molar-refractivity contribution in [1.82, 2.24) is 15.1 Å². The van der Waals surface area contributed by atoms with Gasteiger partial charge in [-0.3, -0.25) is 9.89 Å². The van der Waals surface area contributed by atoms with E-state index >= 15 is 0 Å². The van der Waals surface area contributed by atoms with Crippen LogP contribution in [0, 0.1) is 5.92 Å². The summed E-state index contributed by atoms with van der Waals surface area (Å²) in [6.07, 6.45) is 6.30. The van der Waals surface area contributed by atoms with E-state index in [1.165, 1.54) is 6.42 Å². The Morgan fingerprint density at radius 1 is 1.29 bits per heavy atom. The minimum atomic E-state index is -1.02. The van der Waals surface area contributed by atoms with Gasteiger partial charge in [-0.05, 0) is 18.8 Å². The number of rotatable bonds is 2. The van der Waals surface area contributed by atoms with Crippen LogP contribution in [0.3, 0.4) is 0 Å². The van der Waals surface area contributed by atoms with Crippen molar-refractivity contribution in [3.63, 3.8) is 0 Å². The fourth-order valence-electron chi connectivity index (χ4n) is 3.88. The summed E-state index contributed by atoms with van der Waals surface area (Å²) in [6, 6.07) is -0.128. The van der Waals surface area contributed by atoms with Crippen molar-refractivity contribution in [2.75, 3.05) is 6.54 Å². The maximum Gasteiger partial charge on any atom is 0.356 e. The molecular formula is C15H21N3O3. The Hall–Kier alpha value is -1.85. The monoisotopic (exact) mass is 291 g/mol. The standard InChI is InChI=1S/C15H21N3O3/c1-9(19)18-8-7-11-12(13(15(20)21)17-16-11)14(18)10-5-3-2-4-6-10/h10,14H,2-8H2,1H3,(H,16,17)(H,20,21). The summed E-state index contributed by atoms with van der Waals surface area (Å²) >= 11 is 0. The van der Waals surface area contributed by atoms with Crippen molar-refractivity contribution in [2.45, 2.75) is 51.5 Å². The maximum absolute atomic E-state index is 12.0. The number of aromatic nitrogens is 2. The van der Waals surface area contributed by atoms with Crippen LogP contribution in [0.2, 0.25) is 0 Å². The molecule has 0 radical (unpaired) electrons. The zero-order chi connectivity index (χ0) is 15.0. The minimum Gasteiger partial charge on any atom is -0.476 e. The molecule has 1 aromatic rings. The Kier molecular flexibility index (Phi) is 3.69. The van der Waals surface area contributed by atoms with Crippen LogP contribution in [0.15, 0.2) is 0 Å². The molecule has 2 aliphatic rings. The average molecular weight is 291 g/mol. The van der Waals surface area contributed by atoms with Gasteiger partial charge in [-0.1, -0.05) is 19.3 Å². The average Bonchev–Trinajstić information content (AvgIpc) is 2.91. The zero-order valence-electron chi connectivity index (χ0n) is 12.3. The van der Waals surface area contributed by atoms with Crippen molar-refractivity contribution in [3.05, 3.63) is 17.0 Å². The zero-order valence-corrected chi connectivity index (χ0v) is 12.3. The lowest BCUT2D eigenvalue weighted by atomic mass is 9.78. The van der Waals surface area contributed by atoms with Gasteiger partial charge >= 0.3 is 5.97 Å². The molecule has 1 atom stereocenters. The number of carboxylic acid groups (broad SMARTS) is 1. The fourth-order valence-corrected chi connectivity index (χ4v) is 3.88. The SMILES string of the molecule is CC(=O)N1CCc2[nH]nc(C(=O)O)c2C1C1CCCCC1. The Labute approximate surface area is 123 Å². The van der Waals surface area contributed by atoms with Crippen molar-refractivity contribution in [2.24, 2.45) is 5.92 Å². The lowest BCUT2D eigenvalue weighted by molar-refractivity contribution is -0.133. The molecule has 2 N–H and O–H groups in total. The summed E-state index contributed by atoms with van der Waals surface area (Å²) in [7, 11) is 0. The molecule has 0 bridgehead atoms. The highest BCUT2D eigenvalue weighted by Gasteiger charge is 2.40. The van der Waals surface area contributed by atoms with E-state index in [4.69, 9.17) is 0 Å². The number of nitrogens with one attached hydrogen (secondary N) is 1. The first-order valence-corrected chi connectivity index (χ1v) is 7.67. The summed E-state index contributed by atoms with van der Waals surface area (Å²) in [5.74, 6) is -0.648. The van der Waals surface area contributed by atoms with Crippen molar-refractivity contribution in [1.29, 1.82) is 0 Å². The molecule has 0 aromatic carbocycles. The molecule has 1 aliphatic heterocycles. The van der Waals surface area contributed by atoms with Crippen LogP contribution in [0.25, 0.3) is 0 Å². The van der Waals surface area contributed by atoms with Gasteiger partial charge in [-0.15, -0.1) is 0 Å². The molecule has 1 saturated carbocycles. The number of aromatic carboxylic acids is 1. The summed E-state index contributed by atoms with van der Waals surface area (Å²) in [5, 5.41) is 16.2. The molecule has 6 nitrogen and oxygen atoms in total. The Balaban J connectivity index is 2.04. The van der Waals surface area contributed by atoms with E-state index in [-0.39, 0.29) is 17.6 Å². The number of carbonyl (C=O) groups is 2. The number of amides is 1. The molecule has 21 heavy (non-hydrogen) atoms. The van der Waals surface area contributed by atoms with Gasteiger partial charge in [0.2, 0.25) is 5.91 Å². The summed E-state index contributed by atoms with van der Waals surface area (Å²) in [5.41, 5.74) is 1.72. The second kappa shape index (κ2) is 5.50. The smallest absolute Gasteiger partial charge is 0.356 e. The number of hydrogen-bond donors (Lipinski definition) is 2. The van der Waals surface area contributed by atoms with E-state index in [2.05, 4.69) is 10.2 Å². The molecule has 114 valence electrons. The molecule has 1 aromatic heterocycles. The largest absolute Gasteiger partial charge is 0.476 e. The first-order valence-electron chi connectivity index (χ1n) is 7.67. The fraction of sp³-hybridized carbons (Fsp3) is 0.667. The predicted octanol–water partition coefficient (Wildman–Crippen LogP) is 2.13. The first kappa shape index (κ1) is 14.1. The lowest BCUT2D eigenvalue weighted by Crippen LogP contribution is -2.43. The Morgan fingerprint density at radius 3 is 2.62 bits per heavy atom. The summed E-state index contributed by atoms with van der Waals surface area (Å²) in [4.78, 5) is 25.3. The molecule has 6 heteroatoms. The predicted molar refractivity (Wildman–Crippen MR) is 76.0 cm³/mol. The van der Waals surface area contributed by atoms with Gasteiger partial charge in [0.15, 0.2) is 5.69 Å². The number of nitrogens with zero attached hydrogens (tertiary/aromatic N) is 2. The molecule has 1 amide bonds. The number of fused-ring (bicyclic) bond motifs is 1. The molecule has 1 fully saturated rings. The normalized spacial score (nSPS) is 22.9. The first-order chi connectivity index (χ1) is 10.1. The summed E-state index contributed by atoms with van der Waals surface area (Å²) in [6.45, 7) is 2.21. The van der Waals surface area contributed by atoms with Crippen LogP contribution in [0.4, 0.5) is 0 Å². The van der Waals surface area contributed by atoms with Crippen molar-refractivity contribution >= 4 is 11.9 Å². The van der Waals surface area contributed by atoms with E-state index in [0.29, 0.717) is 18.9 Å². The van der Waals surface area contributed by atoms with Gasteiger partial charge in [0, 0.05) is 31.1 Å².